The van der Waals surface area contributed by atoms with E-state index in [0.29, 0.717) is 11.7 Å². The highest BCUT2D eigenvalue weighted by molar-refractivity contribution is 5.77. The van der Waals surface area contributed by atoms with Gasteiger partial charge in [-0.15, -0.1) is 0 Å². The summed E-state index contributed by atoms with van der Waals surface area (Å²) in [5.74, 6) is 0.606. The number of H-pyrrole nitrogens is 1. The van der Waals surface area contributed by atoms with Crippen LogP contribution in [-0.4, -0.2) is 40.7 Å². The molecule has 0 unspecified atom stereocenters. The third kappa shape index (κ3) is 4.31. The minimum atomic E-state index is -0.318. The van der Waals surface area contributed by atoms with Crippen LogP contribution < -0.4 is 4.74 Å². The van der Waals surface area contributed by atoms with E-state index >= 15 is 0 Å². The number of benzene rings is 1. The van der Waals surface area contributed by atoms with E-state index in [-0.39, 0.29) is 18.3 Å². The van der Waals surface area contributed by atoms with E-state index in [9.17, 15) is 9.18 Å². The van der Waals surface area contributed by atoms with Crippen LogP contribution in [0.1, 0.15) is 18.5 Å². The zero-order valence-electron chi connectivity index (χ0n) is 12.9. The SMILES string of the molecule is O=C(COc1ccc(F)cc1)N1CCC[C@H](Cc2ccn[nH]2)C1. The van der Waals surface area contributed by atoms with E-state index in [0.717, 1.165) is 38.0 Å². The molecule has 1 atom stereocenters. The number of likely N-dealkylation sites (tertiary alicyclic amines) is 1. The smallest absolute Gasteiger partial charge is 0.260 e. The van der Waals surface area contributed by atoms with E-state index < -0.39 is 0 Å². The van der Waals surface area contributed by atoms with E-state index in [4.69, 9.17) is 4.74 Å². The van der Waals surface area contributed by atoms with Crippen LogP contribution in [0.2, 0.25) is 0 Å². The second-order valence-electron chi connectivity index (χ2n) is 5.88. The van der Waals surface area contributed by atoms with Crippen LogP contribution >= 0.6 is 0 Å². The van der Waals surface area contributed by atoms with Crippen LogP contribution in [0, 0.1) is 11.7 Å². The molecule has 122 valence electrons. The summed E-state index contributed by atoms with van der Waals surface area (Å²) in [7, 11) is 0. The van der Waals surface area contributed by atoms with Gasteiger partial charge in [0.25, 0.3) is 5.91 Å². The van der Waals surface area contributed by atoms with Gasteiger partial charge in [-0.05, 0) is 55.5 Å². The molecule has 1 fully saturated rings. The second kappa shape index (κ2) is 7.26. The number of nitrogens with one attached hydrogen (secondary N) is 1. The number of halogens is 1. The fraction of sp³-hybridized carbons (Fsp3) is 0.412. The maximum absolute atomic E-state index is 12.8. The summed E-state index contributed by atoms with van der Waals surface area (Å²) in [6.07, 6.45) is 4.77. The van der Waals surface area contributed by atoms with E-state index in [2.05, 4.69) is 10.2 Å². The van der Waals surface area contributed by atoms with Crippen LogP contribution in [0.25, 0.3) is 0 Å². The third-order valence-corrected chi connectivity index (χ3v) is 4.11. The fourth-order valence-electron chi connectivity index (χ4n) is 2.93. The Morgan fingerprint density at radius 1 is 1.35 bits per heavy atom. The molecule has 6 heteroatoms. The molecule has 2 aromatic rings. The van der Waals surface area contributed by atoms with Crippen molar-refractivity contribution < 1.29 is 13.9 Å². The van der Waals surface area contributed by atoms with E-state index in [1.54, 1.807) is 6.20 Å². The van der Waals surface area contributed by atoms with Gasteiger partial charge < -0.3 is 9.64 Å². The van der Waals surface area contributed by atoms with Crippen molar-refractivity contribution in [1.29, 1.82) is 0 Å². The first-order chi connectivity index (χ1) is 11.2. The summed E-state index contributed by atoms with van der Waals surface area (Å²) in [6.45, 7) is 1.50. The molecule has 1 N–H and O–H groups in total. The Morgan fingerprint density at radius 2 is 2.17 bits per heavy atom. The molecule has 1 aliphatic rings. The monoisotopic (exact) mass is 317 g/mol. The molecule has 0 radical (unpaired) electrons. The lowest BCUT2D eigenvalue weighted by molar-refractivity contribution is -0.135. The zero-order valence-corrected chi connectivity index (χ0v) is 12.9. The first-order valence-electron chi connectivity index (χ1n) is 7.85. The van der Waals surface area contributed by atoms with Crippen molar-refractivity contribution in [2.24, 2.45) is 5.92 Å². The van der Waals surface area contributed by atoms with Gasteiger partial charge in [0.05, 0.1) is 0 Å². The molecule has 0 aliphatic carbocycles. The van der Waals surface area contributed by atoms with Crippen LogP contribution in [-0.2, 0) is 11.2 Å². The number of rotatable bonds is 5. The summed E-state index contributed by atoms with van der Waals surface area (Å²) in [4.78, 5) is 14.1. The van der Waals surface area contributed by atoms with Gasteiger partial charge in [-0.25, -0.2) is 4.39 Å². The third-order valence-electron chi connectivity index (χ3n) is 4.11. The molecule has 0 bridgehead atoms. The lowest BCUT2D eigenvalue weighted by atomic mass is 9.93. The highest BCUT2D eigenvalue weighted by atomic mass is 19.1. The molecule has 23 heavy (non-hydrogen) atoms. The molecule has 0 saturated carbocycles. The summed E-state index contributed by atoms with van der Waals surface area (Å²) < 4.78 is 18.3. The summed E-state index contributed by atoms with van der Waals surface area (Å²) in [6, 6.07) is 7.67. The average molecular weight is 317 g/mol. The molecule has 1 aromatic carbocycles. The number of carbonyl (C=O) groups is 1. The molecule has 2 heterocycles. The molecule has 1 saturated heterocycles. The van der Waals surface area contributed by atoms with Gasteiger partial charge in [-0.2, -0.15) is 5.10 Å². The Kier molecular flexibility index (Phi) is 4.90. The van der Waals surface area contributed by atoms with Crippen molar-refractivity contribution in [2.45, 2.75) is 19.3 Å². The molecule has 1 amide bonds. The van der Waals surface area contributed by atoms with Crippen molar-refractivity contribution in [2.75, 3.05) is 19.7 Å². The quantitative estimate of drug-likeness (QED) is 0.921. The van der Waals surface area contributed by atoms with Crippen molar-refractivity contribution >= 4 is 5.91 Å². The van der Waals surface area contributed by atoms with Crippen molar-refractivity contribution in [1.82, 2.24) is 15.1 Å². The van der Waals surface area contributed by atoms with Gasteiger partial charge in [-0.3, -0.25) is 9.89 Å². The van der Waals surface area contributed by atoms with Crippen molar-refractivity contribution in [3.05, 3.63) is 48.0 Å². The normalized spacial score (nSPS) is 18.0. The molecule has 1 aromatic heterocycles. The maximum atomic E-state index is 12.8. The number of piperidine rings is 1. The number of amides is 1. The molecular weight excluding hydrogens is 297 g/mol. The number of aromatic nitrogens is 2. The first-order valence-corrected chi connectivity index (χ1v) is 7.85. The standard InChI is InChI=1S/C17H20FN3O2/c18-14-3-5-16(6-4-14)23-12-17(22)21-9-1-2-13(11-21)10-15-7-8-19-20-15/h3-8,13H,1-2,9-12H2,(H,19,20)/t13-/m1/s1. The van der Waals surface area contributed by atoms with Gasteiger partial charge in [0.2, 0.25) is 0 Å². The number of hydrogen-bond donors (Lipinski definition) is 1. The lowest BCUT2D eigenvalue weighted by Crippen LogP contribution is -2.42. The van der Waals surface area contributed by atoms with Gasteiger partial charge >= 0.3 is 0 Å². The van der Waals surface area contributed by atoms with Crippen LogP contribution in [0.5, 0.6) is 5.75 Å². The maximum Gasteiger partial charge on any atom is 0.260 e. The van der Waals surface area contributed by atoms with Crippen molar-refractivity contribution in [3.63, 3.8) is 0 Å². The Morgan fingerprint density at radius 3 is 2.91 bits per heavy atom. The highest BCUT2D eigenvalue weighted by Gasteiger charge is 2.24. The summed E-state index contributed by atoms with van der Waals surface area (Å²) in [5, 5.41) is 6.93. The second-order valence-corrected chi connectivity index (χ2v) is 5.88. The Balaban J connectivity index is 1.49. The Bertz CT molecular complexity index is 628. The zero-order chi connectivity index (χ0) is 16.1. The minimum Gasteiger partial charge on any atom is -0.484 e. The summed E-state index contributed by atoms with van der Waals surface area (Å²) in [5.41, 5.74) is 1.10. The number of ether oxygens (including phenoxy) is 1. The topological polar surface area (TPSA) is 58.2 Å². The van der Waals surface area contributed by atoms with Crippen LogP contribution in [0.4, 0.5) is 4.39 Å². The van der Waals surface area contributed by atoms with Gasteiger partial charge in [0.1, 0.15) is 11.6 Å². The largest absolute Gasteiger partial charge is 0.484 e. The van der Waals surface area contributed by atoms with Crippen molar-refractivity contribution in [3.8, 4) is 5.75 Å². The number of aromatic amines is 1. The van der Waals surface area contributed by atoms with Gasteiger partial charge in [-0.1, -0.05) is 0 Å². The number of hydrogen-bond acceptors (Lipinski definition) is 3. The van der Waals surface area contributed by atoms with Crippen LogP contribution in [0.15, 0.2) is 36.5 Å². The van der Waals surface area contributed by atoms with E-state index in [1.807, 2.05) is 11.0 Å². The lowest BCUT2D eigenvalue weighted by Gasteiger charge is -2.32. The fourth-order valence-corrected chi connectivity index (χ4v) is 2.93. The molecule has 5 nitrogen and oxygen atoms in total. The van der Waals surface area contributed by atoms with Gasteiger partial charge in [0, 0.05) is 25.0 Å². The van der Waals surface area contributed by atoms with E-state index in [1.165, 1.54) is 24.3 Å². The Labute approximate surface area is 134 Å². The molecular formula is C17H20FN3O2. The first kappa shape index (κ1) is 15.5. The molecule has 1 aliphatic heterocycles. The van der Waals surface area contributed by atoms with Crippen LogP contribution in [0.3, 0.4) is 0 Å². The average Bonchev–Trinajstić information content (AvgIpc) is 3.07. The highest BCUT2D eigenvalue weighted by Crippen LogP contribution is 2.20. The Hall–Kier alpha value is -2.37. The number of nitrogens with zero attached hydrogens (tertiary/aromatic N) is 2. The molecule has 0 spiro atoms. The predicted octanol–water partition coefficient (Wildman–Crippen LogP) is 2.41. The number of carbonyl (C=O) groups excluding carboxylic acids is 1. The molecule has 3 rings (SSSR count). The summed E-state index contributed by atoms with van der Waals surface area (Å²) >= 11 is 0. The predicted molar refractivity (Wildman–Crippen MR) is 83.5 cm³/mol. The van der Waals surface area contributed by atoms with Gasteiger partial charge in [0.15, 0.2) is 6.61 Å². The minimum absolute atomic E-state index is 0.0115.